The number of aromatic nitrogens is 4. The van der Waals surface area contributed by atoms with Crippen LogP contribution in [0.25, 0.3) is 10.7 Å². The lowest BCUT2D eigenvalue weighted by Gasteiger charge is -2.29. The van der Waals surface area contributed by atoms with Crippen molar-refractivity contribution in [3.63, 3.8) is 0 Å². The Kier molecular flexibility index (Phi) is 5.72. The van der Waals surface area contributed by atoms with Crippen LogP contribution < -0.4 is 20.1 Å². The second kappa shape index (κ2) is 8.99. The van der Waals surface area contributed by atoms with Gasteiger partial charge < -0.3 is 20.1 Å². The molecule has 1 amide bonds. The zero-order valence-electron chi connectivity index (χ0n) is 18.8. The van der Waals surface area contributed by atoms with Gasteiger partial charge in [-0.15, -0.1) is 16.4 Å². The van der Waals surface area contributed by atoms with Gasteiger partial charge in [0.15, 0.2) is 17.3 Å². The number of fused-ring (bicyclic) bond motifs is 1. The molecule has 0 aliphatic carbocycles. The highest BCUT2D eigenvalue weighted by molar-refractivity contribution is 7.13. The number of rotatable bonds is 6. The summed E-state index contributed by atoms with van der Waals surface area (Å²) in [6.45, 7) is 1.85. The summed E-state index contributed by atoms with van der Waals surface area (Å²) in [6, 6.07) is 12.4. The average molecular weight is 475 g/mol. The Morgan fingerprint density at radius 1 is 1.15 bits per heavy atom. The fourth-order valence-electron chi connectivity index (χ4n) is 4.01. The minimum Gasteiger partial charge on any atom is -0.493 e. The number of nitrogens with one attached hydrogen (secondary N) is 2. The van der Waals surface area contributed by atoms with Crippen LogP contribution in [0.4, 0.5) is 11.6 Å². The number of nitrogens with zero attached hydrogens (tertiary/aromatic N) is 4. The number of ether oxygens (including phenoxy) is 2. The molecule has 34 heavy (non-hydrogen) atoms. The Balaban J connectivity index is 1.67. The van der Waals surface area contributed by atoms with Crippen molar-refractivity contribution in [2.45, 2.75) is 13.0 Å². The first-order valence-electron chi connectivity index (χ1n) is 10.5. The van der Waals surface area contributed by atoms with E-state index in [0.29, 0.717) is 40.2 Å². The molecule has 1 aliphatic rings. The molecule has 4 heterocycles. The minimum absolute atomic E-state index is 0.285. The predicted octanol–water partition coefficient (Wildman–Crippen LogP) is 4.35. The highest BCUT2D eigenvalue weighted by Crippen LogP contribution is 2.43. The summed E-state index contributed by atoms with van der Waals surface area (Å²) in [7, 11) is 3.16. The van der Waals surface area contributed by atoms with E-state index < -0.39 is 6.04 Å². The van der Waals surface area contributed by atoms with E-state index in [0.717, 1.165) is 10.4 Å². The van der Waals surface area contributed by atoms with Gasteiger partial charge in [0.25, 0.3) is 5.91 Å². The van der Waals surface area contributed by atoms with Crippen molar-refractivity contribution in [2.75, 3.05) is 24.9 Å². The lowest BCUT2D eigenvalue weighted by Crippen LogP contribution is -2.31. The number of allylic oxidation sites excluding steroid dienone is 1. The molecular formula is C24H22N6O3S. The van der Waals surface area contributed by atoms with Crippen LogP contribution in [-0.4, -0.2) is 39.9 Å². The van der Waals surface area contributed by atoms with E-state index in [1.807, 2.05) is 42.6 Å². The summed E-state index contributed by atoms with van der Waals surface area (Å²) in [5, 5.41) is 13.0. The number of carbonyl (C=O) groups excluding carboxylic acids is 1. The smallest absolute Gasteiger partial charge is 0.255 e. The van der Waals surface area contributed by atoms with Gasteiger partial charge in [0, 0.05) is 17.5 Å². The lowest BCUT2D eigenvalue weighted by atomic mass is 9.94. The van der Waals surface area contributed by atoms with Crippen molar-refractivity contribution in [1.29, 1.82) is 0 Å². The number of para-hydroxylation sites is 1. The van der Waals surface area contributed by atoms with Gasteiger partial charge in [-0.25, -0.2) is 4.68 Å². The van der Waals surface area contributed by atoms with Gasteiger partial charge in [0.2, 0.25) is 5.95 Å². The largest absolute Gasteiger partial charge is 0.493 e. The Bertz CT molecular complexity index is 1360. The zero-order valence-corrected chi connectivity index (χ0v) is 19.6. The van der Waals surface area contributed by atoms with Crippen molar-refractivity contribution >= 4 is 28.9 Å². The van der Waals surface area contributed by atoms with Gasteiger partial charge in [-0.05, 0) is 36.6 Å². The topological polar surface area (TPSA) is 103 Å². The van der Waals surface area contributed by atoms with Crippen LogP contribution in [-0.2, 0) is 4.79 Å². The van der Waals surface area contributed by atoms with Gasteiger partial charge in [0.05, 0.1) is 36.6 Å². The number of benzene rings is 1. The maximum Gasteiger partial charge on any atom is 0.255 e. The molecule has 1 atom stereocenters. The average Bonchev–Trinajstić information content (AvgIpc) is 3.53. The van der Waals surface area contributed by atoms with E-state index in [1.165, 1.54) is 0 Å². The first-order chi connectivity index (χ1) is 16.6. The molecular weight excluding hydrogens is 452 g/mol. The Morgan fingerprint density at radius 3 is 2.74 bits per heavy atom. The second-order valence-electron chi connectivity index (χ2n) is 7.53. The second-order valence-corrected chi connectivity index (χ2v) is 8.47. The quantitative estimate of drug-likeness (QED) is 0.428. The van der Waals surface area contributed by atoms with Crippen LogP contribution in [0.5, 0.6) is 11.5 Å². The van der Waals surface area contributed by atoms with Crippen molar-refractivity contribution in [3.05, 3.63) is 77.1 Å². The van der Waals surface area contributed by atoms with Gasteiger partial charge in [-0.3, -0.25) is 9.78 Å². The van der Waals surface area contributed by atoms with E-state index in [-0.39, 0.29) is 5.91 Å². The molecule has 4 aromatic rings. The molecule has 5 rings (SSSR count). The molecule has 1 unspecified atom stereocenters. The molecule has 1 aromatic carbocycles. The maximum atomic E-state index is 13.6. The summed E-state index contributed by atoms with van der Waals surface area (Å²) >= 11 is 1.55. The van der Waals surface area contributed by atoms with Crippen molar-refractivity contribution in [1.82, 2.24) is 19.7 Å². The number of pyridine rings is 1. The number of anilines is 2. The summed E-state index contributed by atoms with van der Waals surface area (Å²) in [4.78, 5) is 23.3. The lowest BCUT2D eigenvalue weighted by molar-refractivity contribution is -0.113. The van der Waals surface area contributed by atoms with Gasteiger partial charge in [-0.1, -0.05) is 18.2 Å². The van der Waals surface area contributed by atoms with E-state index in [4.69, 9.17) is 19.6 Å². The number of methoxy groups -OCH3 is 2. The number of hydrogen-bond acceptors (Lipinski definition) is 8. The van der Waals surface area contributed by atoms with Gasteiger partial charge in [-0.2, -0.15) is 4.98 Å². The van der Waals surface area contributed by atoms with E-state index in [2.05, 4.69) is 15.6 Å². The summed E-state index contributed by atoms with van der Waals surface area (Å²) in [6.07, 6.45) is 3.25. The number of amides is 1. The predicted molar refractivity (Wildman–Crippen MR) is 130 cm³/mol. The van der Waals surface area contributed by atoms with Crippen LogP contribution in [0.3, 0.4) is 0 Å². The van der Waals surface area contributed by atoms with Crippen LogP contribution in [0.1, 0.15) is 18.5 Å². The summed E-state index contributed by atoms with van der Waals surface area (Å²) in [5.74, 6) is 1.91. The van der Waals surface area contributed by atoms with Gasteiger partial charge in [0.1, 0.15) is 6.04 Å². The molecule has 3 aromatic heterocycles. The van der Waals surface area contributed by atoms with Crippen LogP contribution in [0.2, 0.25) is 0 Å². The normalized spacial score (nSPS) is 14.9. The Morgan fingerprint density at radius 2 is 2.03 bits per heavy atom. The highest BCUT2D eigenvalue weighted by Gasteiger charge is 2.37. The fraction of sp³-hybridized carbons (Fsp3) is 0.167. The Labute approximate surface area is 200 Å². The minimum atomic E-state index is -0.612. The molecule has 1 aliphatic heterocycles. The van der Waals surface area contributed by atoms with Crippen LogP contribution in [0.15, 0.2) is 71.5 Å². The molecule has 9 nitrogen and oxygen atoms in total. The monoisotopic (exact) mass is 474 g/mol. The highest BCUT2D eigenvalue weighted by atomic mass is 32.1. The molecule has 0 radical (unpaired) electrons. The molecule has 0 spiro atoms. The zero-order chi connectivity index (χ0) is 23.7. The van der Waals surface area contributed by atoms with E-state index >= 15 is 0 Å². The number of thiophene rings is 1. The van der Waals surface area contributed by atoms with Crippen LogP contribution >= 0.6 is 11.3 Å². The third-order valence-corrected chi connectivity index (χ3v) is 6.35. The number of carbonyl (C=O) groups is 1. The van der Waals surface area contributed by atoms with E-state index in [9.17, 15) is 4.79 Å². The molecule has 0 bridgehead atoms. The third kappa shape index (κ3) is 3.77. The van der Waals surface area contributed by atoms with Crippen molar-refractivity contribution < 1.29 is 14.3 Å². The standard InChI is InChI=1S/C24H22N6O3S/c1-14-19(23(31)27-15-7-5-11-25-13-15)20(16-8-4-9-17(32-2)21(16)33-3)30-24(26-14)28-22(29-30)18-10-6-12-34-18/h4-13,20H,1-3H3,(H,27,31)(H,26,28,29). The number of hydrogen-bond donors (Lipinski definition) is 2. The molecule has 10 heteroatoms. The molecule has 2 N–H and O–H groups in total. The first kappa shape index (κ1) is 21.7. The fourth-order valence-corrected chi connectivity index (χ4v) is 4.66. The summed E-state index contributed by atoms with van der Waals surface area (Å²) < 4.78 is 13.0. The maximum absolute atomic E-state index is 13.6. The molecule has 0 saturated carbocycles. The van der Waals surface area contributed by atoms with Crippen molar-refractivity contribution in [2.24, 2.45) is 0 Å². The third-order valence-electron chi connectivity index (χ3n) is 5.49. The SMILES string of the molecule is COc1cccc(C2C(C(=O)Nc3cccnc3)=C(C)Nc3nc(-c4cccs4)nn32)c1OC. The first-order valence-corrected chi connectivity index (χ1v) is 11.4. The Hall–Kier alpha value is -4.18. The molecule has 0 fully saturated rings. The van der Waals surface area contributed by atoms with Crippen LogP contribution in [0, 0.1) is 0 Å². The molecule has 172 valence electrons. The molecule has 0 saturated heterocycles. The summed E-state index contributed by atoms with van der Waals surface area (Å²) in [5.41, 5.74) is 2.45. The van der Waals surface area contributed by atoms with Gasteiger partial charge >= 0.3 is 0 Å². The van der Waals surface area contributed by atoms with E-state index in [1.54, 1.807) is 54.8 Å². The van der Waals surface area contributed by atoms with Crippen molar-refractivity contribution in [3.8, 4) is 22.2 Å².